The molecule has 0 amide bonds. The van der Waals surface area contributed by atoms with E-state index in [1.165, 1.54) is 6.42 Å². The molecule has 1 aromatic carbocycles. The second-order valence-corrected chi connectivity index (χ2v) is 7.81. The van der Waals surface area contributed by atoms with Crippen molar-refractivity contribution < 1.29 is 8.42 Å². The van der Waals surface area contributed by atoms with Crippen LogP contribution in [0.3, 0.4) is 0 Å². The summed E-state index contributed by atoms with van der Waals surface area (Å²) in [7, 11) is -3.59. The van der Waals surface area contributed by atoms with Gasteiger partial charge < -0.3 is 5.73 Å². The predicted octanol–water partition coefficient (Wildman–Crippen LogP) is 2.83. The Morgan fingerprint density at radius 2 is 2.00 bits per heavy atom. The maximum absolute atomic E-state index is 12.6. The molecule has 1 atom stereocenters. The van der Waals surface area contributed by atoms with Gasteiger partial charge in [0.2, 0.25) is 10.0 Å². The van der Waals surface area contributed by atoms with Gasteiger partial charge in [0, 0.05) is 17.6 Å². The van der Waals surface area contributed by atoms with Gasteiger partial charge in [-0.05, 0) is 43.4 Å². The van der Waals surface area contributed by atoms with E-state index in [1.54, 1.807) is 25.1 Å². The standard InChI is InChI=1S/C15H23ClN2O2S/c1-11-13(16)8-5-9-15(11)21(19,20)18-14(10-17)12-6-3-2-4-7-12/h5,8-9,12,14,18H,2-4,6-7,10,17H2,1H3. The van der Waals surface area contributed by atoms with E-state index in [1.807, 2.05) is 0 Å². The van der Waals surface area contributed by atoms with E-state index in [0.29, 0.717) is 23.0 Å². The fourth-order valence-electron chi connectivity index (χ4n) is 3.01. The molecule has 0 bridgehead atoms. The Morgan fingerprint density at radius 3 is 2.62 bits per heavy atom. The van der Waals surface area contributed by atoms with Gasteiger partial charge in [0.25, 0.3) is 0 Å². The van der Waals surface area contributed by atoms with Crippen molar-refractivity contribution in [2.75, 3.05) is 6.54 Å². The Labute approximate surface area is 132 Å². The molecule has 1 fully saturated rings. The third kappa shape index (κ3) is 3.97. The molecular formula is C15H23ClN2O2S. The second kappa shape index (κ2) is 7.09. The highest BCUT2D eigenvalue weighted by molar-refractivity contribution is 7.89. The highest BCUT2D eigenvalue weighted by Crippen LogP contribution is 2.28. The molecule has 0 heterocycles. The zero-order valence-electron chi connectivity index (χ0n) is 12.3. The first-order valence-corrected chi connectivity index (χ1v) is 9.29. The lowest BCUT2D eigenvalue weighted by Gasteiger charge is -2.30. The topological polar surface area (TPSA) is 72.2 Å². The van der Waals surface area contributed by atoms with Crippen LogP contribution >= 0.6 is 11.6 Å². The molecular weight excluding hydrogens is 308 g/mol. The Bertz CT molecular complexity index is 583. The maximum atomic E-state index is 12.6. The molecule has 4 nitrogen and oxygen atoms in total. The molecule has 0 radical (unpaired) electrons. The number of halogens is 1. The number of hydrogen-bond acceptors (Lipinski definition) is 3. The van der Waals surface area contributed by atoms with Gasteiger partial charge in [-0.25, -0.2) is 13.1 Å². The summed E-state index contributed by atoms with van der Waals surface area (Å²) in [5, 5.41) is 0.458. The number of nitrogens with two attached hydrogens (primary N) is 1. The molecule has 6 heteroatoms. The van der Waals surface area contributed by atoms with E-state index < -0.39 is 10.0 Å². The molecule has 0 aromatic heterocycles. The number of sulfonamides is 1. The molecule has 1 aromatic rings. The minimum absolute atomic E-state index is 0.200. The zero-order chi connectivity index (χ0) is 15.5. The van der Waals surface area contributed by atoms with Gasteiger partial charge in [0.05, 0.1) is 4.90 Å². The molecule has 0 spiro atoms. The summed E-state index contributed by atoms with van der Waals surface area (Å²) in [4.78, 5) is 0.240. The van der Waals surface area contributed by atoms with Crippen molar-refractivity contribution in [3.8, 4) is 0 Å². The van der Waals surface area contributed by atoms with Crippen molar-refractivity contribution in [1.82, 2.24) is 4.72 Å². The third-order valence-corrected chi connectivity index (χ3v) is 6.33. The van der Waals surface area contributed by atoms with Gasteiger partial charge in [-0.3, -0.25) is 0 Å². The summed E-state index contributed by atoms with van der Waals surface area (Å²) in [5.41, 5.74) is 6.38. The van der Waals surface area contributed by atoms with Gasteiger partial charge in [-0.15, -0.1) is 0 Å². The Morgan fingerprint density at radius 1 is 1.33 bits per heavy atom. The lowest BCUT2D eigenvalue weighted by molar-refractivity contribution is 0.294. The van der Waals surface area contributed by atoms with Crippen molar-refractivity contribution in [3.05, 3.63) is 28.8 Å². The van der Waals surface area contributed by atoms with Crippen molar-refractivity contribution in [2.24, 2.45) is 11.7 Å². The van der Waals surface area contributed by atoms with Crippen molar-refractivity contribution in [3.63, 3.8) is 0 Å². The molecule has 0 aliphatic heterocycles. The van der Waals surface area contributed by atoms with Crippen LogP contribution < -0.4 is 10.5 Å². The first-order valence-electron chi connectivity index (χ1n) is 7.43. The number of benzene rings is 1. The average Bonchev–Trinajstić information content (AvgIpc) is 2.48. The van der Waals surface area contributed by atoms with E-state index in [-0.39, 0.29) is 10.9 Å². The fraction of sp³-hybridized carbons (Fsp3) is 0.600. The van der Waals surface area contributed by atoms with Gasteiger partial charge in [0.1, 0.15) is 0 Å². The molecule has 1 unspecified atom stereocenters. The van der Waals surface area contributed by atoms with Crippen LogP contribution in [0.1, 0.15) is 37.7 Å². The number of nitrogens with one attached hydrogen (secondary N) is 1. The van der Waals surface area contributed by atoms with E-state index in [0.717, 1.165) is 25.7 Å². The molecule has 1 aliphatic carbocycles. The van der Waals surface area contributed by atoms with Gasteiger partial charge in [-0.1, -0.05) is 36.9 Å². The van der Waals surface area contributed by atoms with Gasteiger partial charge in [0.15, 0.2) is 0 Å². The minimum atomic E-state index is -3.59. The lowest BCUT2D eigenvalue weighted by atomic mass is 9.84. The largest absolute Gasteiger partial charge is 0.329 e. The zero-order valence-corrected chi connectivity index (χ0v) is 13.9. The van der Waals surface area contributed by atoms with Gasteiger partial charge in [-0.2, -0.15) is 0 Å². The smallest absolute Gasteiger partial charge is 0.241 e. The van der Waals surface area contributed by atoms with Crippen LogP contribution in [0.2, 0.25) is 5.02 Å². The monoisotopic (exact) mass is 330 g/mol. The summed E-state index contributed by atoms with van der Waals surface area (Å²) >= 11 is 6.02. The summed E-state index contributed by atoms with van der Waals surface area (Å²) < 4.78 is 28.0. The summed E-state index contributed by atoms with van der Waals surface area (Å²) in [6.45, 7) is 2.04. The van der Waals surface area contributed by atoms with Crippen molar-refractivity contribution in [2.45, 2.75) is 50.0 Å². The van der Waals surface area contributed by atoms with Crippen LogP contribution in [0, 0.1) is 12.8 Å². The van der Waals surface area contributed by atoms with Crippen molar-refractivity contribution in [1.29, 1.82) is 0 Å². The molecule has 0 saturated heterocycles. The minimum Gasteiger partial charge on any atom is -0.329 e. The first kappa shape index (κ1) is 16.7. The quantitative estimate of drug-likeness (QED) is 0.872. The maximum Gasteiger partial charge on any atom is 0.241 e. The summed E-state index contributed by atoms with van der Waals surface area (Å²) in [5.74, 6) is 0.331. The molecule has 2 rings (SSSR count). The predicted molar refractivity (Wildman–Crippen MR) is 85.9 cm³/mol. The first-order chi connectivity index (χ1) is 9.95. The Hall–Kier alpha value is -0.620. The third-order valence-electron chi connectivity index (χ3n) is 4.29. The average molecular weight is 331 g/mol. The normalized spacial score (nSPS) is 18.6. The molecule has 118 valence electrons. The summed E-state index contributed by atoms with van der Waals surface area (Å²) in [6.07, 6.45) is 5.62. The summed E-state index contributed by atoms with van der Waals surface area (Å²) in [6, 6.07) is 4.73. The highest BCUT2D eigenvalue weighted by atomic mass is 35.5. The Kier molecular flexibility index (Phi) is 5.66. The Balaban J connectivity index is 2.20. The van der Waals surface area contributed by atoms with Gasteiger partial charge >= 0.3 is 0 Å². The van der Waals surface area contributed by atoms with E-state index in [4.69, 9.17) is 17.3 Å². The molecule has 21 heavy (non-hydrogen) atoms. The molecule has 3 N–H and O–H groups in total. The van der Waals surface area contributed by atoms with E-state index in [9.17, 15) is 8.42 Å². The van der Waals surface area contributed by atoms with Crippen LogP contribution in [0.25, 0.3) is 0 Å². The second-order valence-electron chi connectivity index (χ2n) is 5.72. The molecule has 1 saturated carbocycles. The van der Waals surface area contributed by atoms with Crippen LogP contribution in [-0.4, -0.2) is 21.0 Å². The number of hydrogen-bond donors (Lipinski definition) is 2. The van der Waals surface area contributed by atoms with E-state index in [2.05, 4.69) is 4.72 Å². The van der Waals surface area contributed by atoms with Crippen molar-refractivity contribution >= 4 is 21.6 Å². The van der Waals surface area contributed by atoms with E-state index >= 15 is 0 Å². The van der Waals surface area contributed by atoms with Crippen LogP contribution in [-0.2, 0) is 10.0 Å². The lowest BCUT2D eigenvalue weighted by Crippen LogP contribution is -2.45. The van der Waals surface area contributed by atoms with Crippen LogP contribution in [0.4, 0.5) is 0 Å². The SMILES string of the molecule is Cc1c(Cl)cccc1S(=O)(=O)NC(CN)C1CCCCC1. The molecule has 1 aliphatic rings. The number of rotatable bonds is 5. The highest BCUT2D eigenvalue weighted by Gasteiger charge is 2.28. The van der Waals surface area contributed by atoms with Crippen LogP contribution in [0.5, 0.6) is 0 Å². The van der Waals surface area contributed by atoms with Crippen LogP contribution in [0.15, 0.2) is 23.1 Å². The fourth-order valence-corrected chi connectivity index (χ4v) is 4.83.